The summed E-state index contributed by atoms with van der Waals surface area (Å²) in [6, 6.07) is 6.89. The Morgan fingerprint density at radius 2 is 2.03 bits per heavy atom. The van der Waals surface area contributed by atoms with E-state index in [2.05, 4.69) is 12.2 Å². The van der Waals surface area contributed by atoms with Gasteiger partial charge in [-0.25, -0.2) is 4.98 Å². The first-order valence-electron chi connectivity index (χ1n) is 11.5. The maximum absolute atomic E-state index is 13.6. The molecule has 2 aromatic heterocycles. The Morgan fingerprint density at radius 3 is 2.79 bits per heavy atom. The molecule has 1 aromatic carbocycles. The molecule has 0 spiro atoms. The van der Waals surface area contributed by atoms with Gasteiger partial charge in [-0.05, 0) is 63.6 Å². The molecule has 8 heteroatoms. The number of rotatable bonds is 7. The number of thioether (sulfide) groups is 1. The van der Waals surface area contributed by atoms with Crippen LogP contribution in [0, 0.1) is 0 Å². The van der Waals surface area contributed by atoms with Gasteiger partial charge in [-0.2, -0.15) is 0 Å². The van der Waals surface area contributed by atoms with Crippen LogP contribution in [0.4, 0.5) is 5.69 Å². The number of nitrogens with one attached hydrogen (secondary N) is 1. The lowest BCUT2D eigenvalue weighted by Gasteiger charge is -2.17. The predicted molar refractivity (Wildman–Crippen MR) is 136 cm³/mol. The number of hydrogen-bond acceptors (Lipinski definition) is 6. The van der Waals surface area contributed by atoms with Crippen molar-refractivity contribution in [3.05, 3.63) is 50.6 Å². The lowest BCUT2D eigenvalue weighted by Crippen LogP contribution is -2.27. The zero-order valence-corrected chi connectivity index (χ0v) is 20.9. The fourth-order valence-electron chi connectivity index (χ4n) is 4.19. The molecule has 1 unspecified atom stereocenters. The van der Waals surface area contributed by atoms with Crippen LogP contribution in [0.1, 0.15) is 73.3 Å². The van der Waals surface area contributed by atoms with Crippen LogP contribution in [-0.2, 0) is 17.6 Å². The number of Topliss-reactive ketones (excluding diaryl/α,β-unsaturated/α-hetero) is 1. The highest BCUT2D eigenvalue weighted by molar-refractivity contribution is 7.99. The predicted octanol–water partition coefficient (Wildman–Crippen LogP) is 5.63. The minimum Gasteiger partial charge on any atom is -0.325 e. The van der Waals surface area contributed by atoms with E-state index < -0.39 is 0 Å². The zero-order valence-electron chi connectivity index (χ0n) is 19.3. The highest BCUT2D eigenvalue weighted by atomic mass is 32.2. The molecule has 33 heavy (non-hydrogen) atoms. The van der Waals surface area contributed by atoms with E-state index in [1.54, 1.807) is 40.2 Å². The second-order valence-electron chi connectivity index (χ2n) is 8.55. The quantitative estimate of drug-likeness (QED) is 0.204. The van der Waals surface area contributed by atoms with E-state index in [-0.39, 0.29) is 29.0 Å². The Morgan fingerprint density at radius 1 is 1.24 bits per heavy atom. The molecule has 1 aliphatic carbocycles. The molecule has 1 aliphatic rings. The summed E-state index contributed by atoms with van der Waals surface area (Å²) in [6.07, 6.45) is 6.24. The number of aromatic nitrogens is 2. The molecule has 1 amide bonds. The Hall–Kier alpha value is -2.45. The highest BCUT2D eigenvalue weighted by Crippen LogP contribution is 2.34. The standard InChI is InChI=1S/C25H29N3O3S2/c1-4-15(2)28-24(31)22-19-11-6-5-7-12-20(19)33-23(22)27-25(28)32-14-21(30)26-18-10-8-9-17(13-18)16(3)29/h8-10,13,15H,4-7,11-12,14H2,1-3H3,(H,26,30). The van der Waals surface area contributed by atoms with E-state index in [0.717, 1.165) is 42.3 Å². The average Bonchev–Trinajstić information content (AvgIpc) is 2.98. The summed E-state index contributed by atoms with van der Waals surface area (Å²) in [6.45, 7) is 5.58. The fraction of sp³-hybridized carbons (Fsp3) is 0.440. The van der Waals surface area contributed by atoms with Crippen molar-refractivity contribution in [1.82, 2.24) is 9.55 Å². The number of nitrogens with zero attached hydrogens (tertiary/aromatic N) is 2. The van der Waals surface area contributed by atoms with Gasteiger partial charge in [0.05, 0.1) is 11.1 Å². The number of hydrogen-bond donors (Lipinski definition) is 1. The zero-order chi connectivity index (χ0) is 23.5. The molecule has 0 radical (unpaired) electrons. The molecular weight excluding hydrogens is 454 g/mol. The van der Waals surface area contributed by atoms with Gasteiger partial charge in [0.1, 0.15) is 4.83 Å². The van der Waals surface area contributed by atoms with Gasteiger partial charge in [0.25, 0.3) is 5.56 Å². The molecule has 6 nitrogen and oxygen atoms in total. The van der Waals surface area contributed by atoms with Gasteiger partial charge in [0.2, 0.25) is 5.91 Å². The first-order chi connectivity index (χ1) is 15.9. The average molecular weight is 484 g/mol. The van der Waals surface area contributed by atoms with E-state index >= 15 is 0 Å². The molecule has 0 aliphatic heterocycles. The summed E-state index contributed by atoms with van der Waals surface area (Å²) < 4.78 is 1.77. The Bertz CT molecular complexity index is 1260. The van der Waals surface area contributed by atoms with Crippen molar-refractivity contribution in [3.8, 4) is 0 Å². The van der Waals surface area contributed by atoms with Crippen LogP contribution in [0.15, 0.2) is 34.2 Å². The second kappa shape index (κ2) is 10.2. The summed E-state index contributed by atoms with van der Waals surface area (Å²) in [5.41, 5.74) is 2.35. The largest absolute Gasteiger partial charge is 0.325 e. The van der Waals surface area contributed by atoms with Gasteiger partial charge in [0, 0.05) is 22.2 Å². The monoisotopic (exact) mass is 483 g/mol. The normalized spacial score (nSPS) is 14.5. The molecule has 0 fully saturated rings. The maximum Gasteiger partial charge on any atom is 0.263 e. The third kappa shape index (κ3) is 5.06. The third-order valence-electron chi connectivity index (χ3n) is 6.16. The molecule has 174 valence electrons. The molecule has 0 saturated carbocycles. The fourth-order valence-corrected chi connectivity index (χ4v) is 6.39. The summed E-state index contributed by atoms with van der Waals surface area (Å²) in [4.78, 5) is 44.8. The molecule has 0 saturated heterocycles. The van der Waals surface area contributed by atoms with Crippen LogP contribution in [-0.4, -0.2) is 27.0 Å². The number of ketones is 1. The number of fused-ring (bicyclic) bond motifs is 3. The molecule has 4 rings (SSSR count). The Labute approximate surface area is 201 Å². The second-order valence-corrected chi connectivity index (χ2v) is 10.6. The summed E-state index contributed by atoms with van der Waals surface area (Å²) in [5, 5.41) is 4.22. The molecular formula is C25H29N3O3S2. The van der Waals surface area contributed by atoms with Crippen molar-refractivity contribution < 1.29 is 9.59 Å². The van der Waals surface area contributed by atoms with E-state index in [1.165, 1.54) is 35.5 Å². The topological polar surface area (TPSA) is 81.1 Å². The van der Waals surface area contributed by atoms with E-state index in [9.17, 15) is 14.4 Å². The minimum atomic E-state index is -0.201. The van der Waals surface area contributed by atoms with Crippen molar-refractivity contribution in [3.63, 3.8) is 0 Å². The minimum absolute atomic E-state index is 0.00598. The maximum atomic E-state index is 13.6. The van der Waals surface area contributed by atoms with Gasteiger partial charge in [-0.1, -0.05) is 37.2 Å². The first kappa shape index (κ1) is 23.7. The van der Waals surface area contributed by atoms with Gasteiger partial charge in [-0.3, -0.25) is 19.0 Å². The Kier molecular flexibility index (Phi) is 7.34. The van der Waals surface area contributed by atoms with Gasteiger partial charge in [0.15, 0.2) is 10.9 Å². The number of thiophene rings is 1. The lowest BCUT2D eigenvalue weighted by molar-refractivity contribution is -0.113. The van der Waals surface area contributed by atoms with Gasteiger partial charge >= 0.3 is 0 Å². The van der Waals surface area contributed by atoms with E-state index in [1.807, 2.05) is 6.92 Å². The van der Waals surface area contributed by atoms with Crippen LogP contribution >= 0.6 is 23.1 Å². The van der Waals surface area contributed by atoms with Crippen LogP contribution in [0.5, 0.6) is 0 Å². The summed E-state index contributed by atoms with van der Waals surface area (Å²) in [5.74, 6) is -0.123. The number of amides is 1. The van der Waals surface area contributed by atoms with E-state index in [0.29, 0.717) is 16.4 Å². The van der Waals surface area contributed by atoms with E-state index in [4.69, 9.17) is 4.98 Å². The Balaban J connectivity index is 1.61. The number of anilines is 1. The van der Waals surface area contributed by atoms with Crippen molar-refractivity contribution >= 4 is 50.7 Å². The molecule has 2 heterocycles. The third-order valence-corrected chi connectivity index (χ3v) is 8.29. The first-order valence-corrected chi connectivity index (χ1v) is 13.3. The van der Waals surface area contributed by atoms with Gasteiger partial charge < -0.3 is 5.32 Å². The van der Waals surface area contributed by atoms with Crippen LogP contribution in [0.2, 0.25) is 0 Å². The highest BCUT2D eigenvalue weighted by Gasteiger charge is 2.23. The molecule has 1 N–H and O–H groups in total. The van der Waals surface area contributed by atoms with Crippen molar-refractivity contribution in [1.29, 1.82) is 0 Å². The number of carbonyl (C=O) groups is 2. The molecule has 3 aromatic rings. The van der Waals surface area contributed by atoms with Crippen molar-refractivity contribution in [2.75, 3.05) is 11.1 Å². The van der Waals surface area contributed by atoms with Crippen molar-refractivity contribution in [2.24, 2.45) is 0 Å². The summed E-state index contributed by atoms with van der Waals surface area (Å²) in [7, 11) is 0. The smallest absolute Gasteiger partial charge is 0.263 e. The molecule has 1 atom stereocenters. The molecule has 0 bridgehead atoms. The van der Waals surface area contributed by atoms with Crippen LogP contribution in [0.25, 0.3) is 10.2 Å². The number of aryl methyl sites for hydroxylation is 2. The lowest BCUT2D eigenvalue weighted by atomic mass is 10.1. The number of carbonyl (C=O) groups excluding carboxylic acids is 2. The van der Waals surface area contributed by atoms with Crippen molar-refractivity contribution in [2.45, 2.75) is 70.5 Å². The number of benzene rings is 1. The SMILES string of the molecule is CCC(C)n1c(SCC(=O)Nc2cccc(C(C)=O)c2)nc2sc3c(c2c1=O)CCCCC3. The summed E-state index contributed by atoms with van der Waals surface area (Å²) >= 11 is 2.93. The van der Waals surface area contributed by atoms with Crippen LogP contribution < -0.4 is 10.9 Å². The van der Waals surface area contributed by atoms with Gasteiger partial charge in [-0.15, -0.1) is 11.3 Å². The van der Waals surface area contributed by atoms with Crippen LogP contribution in [0.3, 0.4) is 0 Å².